The van der Waals surface area contributed by atoms with Crippen LogP contribution in [-0.2, 0) is 16.1 Å². The summed E-state index contributed by atoms with van der Waals surface area (Å²) >= 11 is 0. The summed E-state index contributed by atoms with van der Waals surface area (Å²) in [6.07, 6.45) is -7.14. The Kier molecular flexibility index (Phi) is 6.68. The first-order valence-electron chi connectivity index (χ1n) is 8.92. The molecule has 9 heteroatoms. The molecule has 2 aromatic rings. The second kappa shape index (κ2) is 9.21. The van der Waals surface area contributed by atoms with Gasteiger partial charge in [0.1, 0.15) is 23.7 Å². The number of phenols is 1. The number of aliphatic hydroxyl groups is 4. The lowest BCUT2D eigenvalue weighted by atomic mass is 9.98. The van der Waals surface area contributed by atoms with Crippen LogP contribution in [0.25, 0.3) is 0 Å². The van der Waals surface area contributed by atoms with E-state index in [1.54, 1.807) is 18.2 Å². The number of hydrogen-bond acceptors (Lipinski definition) is 9. The molecule has 5 N–H and O–H groups in total. The van der Waals surface area contributed by atoms with Gasteiger partial charge in [-0.15, -0.1) is 0 Å². The second-order valence-electron chi connectivity index (χ2n) is 6.51. The summed E-state index contributed by atoms with van der Waals surface area (Å²) in [5, 5.41) is 49.4. The summed E-state index contributed by atoms with van der Waals surface area (Å²) in [4.78, 5) is 12.4. The third kappa shape index (κ3) is 4.66. The molecule has 3 rings (SSSR count). The zero-order valence-corrected chi connectivity index (χ0v) is 15.3. The van der Waals surface area contributed by atoms with Crippen molar-refractivity contribution in [1.29, 1.82) is 0 Å². The predicted octanol–water partition coefficient (Wildman–Crippen LogP) is -0.0721. The Bertz CT molecular complexity index is 826. The highest BCUT2D eigenvalue weighted by Crippen LogP contribution is 2.30. The first-order chi connectivity index (χ1) is 13.9. The fraction of sp³-hybridized carbons (Fsp3) is 0.350. The average Bonchev–Trinajstić information content (AvgIpc) is 2.74. The van der Waals surface area contributed by atoms with Crippen LogP contribution in [0.1, 0.15) is 15.9 Å². The molecule has 0 saturated carbocycles. The Hall–Kier alpha value is -2.69. The molecule has 0 amide bonds. The van der Waals surface area contributed by atoms with Crippen molar-refractivity contribution in [3.05, 3.63) is 59.7 Å². The molecule has 0 aromatic heterocycles. The van der Waals surface area contributed by atoms with E-state index in [0.717, 1.165) is 0 Å². The number of aromatic hydroxyl groups is 1. The van der Waals surface area contributed by atoms with Crippen LogP contribution in [0, 0.1) is 0 Å². The number of carbonyl (C=O) groups is 1. The van der Waals surface area contributed by atoms with Crippen LogP contribution in [0.4, 0.5) is 0 Å². The number of carbonyl (C=O) groups excluding carboxylic acids is 1. The molecule has 5 atom stereocenters. The molecule has 1 fully saturated rings. The van der Waals surface area contributed by atoms with E-state index in [4.69, 9.17) is 14.2 Å². The van der Waals surface area contributed by atoms with Crippen LogP contribution in [0.2, 0.25) is 0 Å². The van der Waals surface area contributed by atoms with Gasteiger partial charge in [-0.05, 0) is 30.3 Å². The number of hydrogen-bond donors (Lipinski definition) is 5. The van der Waals surface area contributed by atoms with Crippen molar-refractivity contribution in [3.8, 4) is 11.5 Å². The van der Waals surface area contributed by atoms with Crippen molar-refractivity contribution in [2.24, 2.45) is 0 Å². The number of rotatable bonds is 6. The SMILES string of the molecule is O=C(OC1C(O)C(CO)OC(Oc2ccc(O)cc2CO)C1O)c1ccccc1. The molecule has 1 aliphatic heterocycles. The maximum absolute atomic E-state index is 12.4. The minimum Gasteiger partial charge on any atom is -0.508 e. The molecule has 2 aromatic carbocycles. The maximum Gasteiger partial charge on any atom is 0.338 e. The maximum atomic E-state index is 12.4. The van der Waals surface area contributed by atoms with Gasteiger partial charge in [-0.2, -0.15) is 0 Å². The van der Waals surface area contributed by atoms with Crippen molar-refractivity contribution >= 4 is 5.97 Å². The largest absolute Gasteiger partial charge is 0.508 e. The molecule has 1 aliphatic rings. The predicted molar refractivity (Wildman–Crippen MR) is 98.1 cm³/mol. The van der Waals surface area contributed by atoms with Crippen molar-refractivity contribution < 1.29 is 44.5 Å². The minimum absolute atomic E-state index is 0.0927. The van der Waals surface area contributed by atoms with Crippen molar-refractivity contribution in [3.63, 3.8) is 0 Å². The fourth-order valence-electron chi connectivity index (χ4n) is 2.99. The zero-order valence-electron chi connectivity index (χ0n) is 15.3. The molecule has 1 heterocycles. The summed E-state index contributed by atoms with van der Waals surface area (Å²) in [6, 6.07) is 12.0. The van der Waals surface area contributed by atoms with Gasteiger partial charge < -0.3 is 39.7 Å². The van der Waals surface area contributed by atoms with E-state index < -0.39 is 49.9 Å². The van der Waals surface area contributed by atoms with Crippen LogP contribution in [0.3, 0.4) is 0 Å². The van der Waals surface area contributed by atoms with E-state index in [-0.39, 0.29) is 22.6 Å². The van der Waals surface area contributed by atoms with E-state index in [9.17, 15) is 30.3 Å². The Morgan fingerprint density at radius 3 is 2.41 bits per heavy atom. The third-order valence-corrected chi connectivity index (χ3v) is 4.53. The monoisotopic (exact) mass is 406 g/mol. The summed E-state index contributed by atoms with van der Waals surface area (Å²) in [5.74, 6) is -0.757. The number of phenolic OH excluding ortho intramolecular Hbond substituents is 1. The van der Waals surface area contributed by atoms with Gasteiger partial charge in [-0.1, -0.05) is 18.2 Å². The van der Waals surface area contributed by atoms with Crippen molar-refractivity contribution in [2.45, 2.75) is 37.3 Å². The van der Waals surface area contributed by atoms with E-state index in [1.165, 1.54) is 30.3 Å². The van der Waals surface area contributed by atoms with Gasteiger partial charge in [0.25, 0.3) is 0 Å². The van der Waals surface area contributed by atoms with E-state index in [1.807, 2.05) is 0 Å². The molecule has 156 valence electrons. The Morgan fingerprint density at radius 2 is 1.76 bits per heavy atom. The molecule has 9 nitrogen and oxygen atoms in total. The van der Waals surface area contributed by atoms with E-state index >= 15 is 0 Å². The number of ether oxygens (including phenoxy) is 3. The van der Waals surface area contributed by atoms with Gasteiger partial charge in [0.2, 0.25) is 6.29 Å². The molecule has 29 heavy (non-hydrogen) atoms. The van der Waals surface area contributed by atoms with Crippen LogP contribution in [-0.4, -0.2) is 68.8 Å². The molecule has 0 radical (unpaired) electrons. The molecule has 5 unspecified atom stereocenters. The Balaban J connectivity index is 1.81. The molecular formula is C20H22O9. The quantitative estimate of drug-likeness (QED) is 0.416. The van der Waals surface area contributed by atoms with Crippen LogP contribution in [0.15, 0.2) is 48.5 Å². The fourth-order valence-corrected chi connectivity index (χ4v) is 2.99. The van der Waals surface area contributed by atoms with Crippen molar-refractivity contribution in [1.82, 2.24) is 0 Å². The lowest BCUT2D eigenvalue weighted by Gasteiger charge is -2.41. The standard InChI is InChI=1S/C20H22O9/c21-9-12-8-13(23)6-7-14(12)27-20-17(25)18(16(24)15(10-22)28-20)29-19(26)11-4-2-1-3-5-11/h1-8,15-18,20-25H,9-10H2. The highest BCUT2D eigenvalue weighted by atomic mass is 16.7. The van der Waals surface area contributed by atoms with Crippen molar-refractivity contribution in [2.75, 3.05) is 6.61 Å². The molecule has 1 saturated heterocycles. The summed E-state index contributed by atoms with van der Waals surface area (Å²) in [7, 11) is 0. The second-order valence-corrected chi connectivity index (χ2v) is 6.51. The van der Waals surface area contributed by atoms with Crippen LogP contribution < -0.4 is 4.74 Å². The summed E-state index contributed by atoms with van der Waals surface area (Å²) < 4.78 is 16.3. The zero-order chi connectivity index (χ0) is 21.0. The highest BCUT2D eigenvalue weighted by Gasteiger charge is 2.48. The van der Waals surface area contributed by atoms with Gasteiger partial charge in [0.05, 0.1) is 18.8 Å². The van der Waals surface area contributed by atoms with Crippen LogP contribution >= 0.6 is 0 Å². The van der Waals surface area contributed by atoms with Gasteiger partial charge in [0.15, 0.2) is 12.2 Å². The van der Waals surface area contributed by atoms with Gasteiger partial charge >= 0.3 is 5.97 Å². The normalized spacial score (nSPS) is 26.7. The Labute approximate surface area is 166 Å². The molecule has 0 aliphatic carbocycles. The molecular weight excluding hydrogens is 384 g/mol. The average molecular weight is 406 g/mol. The highest BCUT2D eigenvalue weighted by molar-refractivity contribution is 5.89. The van der Waals surface area contributed by atoms with Crippen LogP contribution in [0.5, 0.6) is 11.5 Å². The summed E-state index contributed by atoms with van der Waals surface area (Å²) in [5.41, 5.74) is 0.447. The lowest BCUT2D eigenvalue weighted by molar-refractivity contribution is -0.277. The smallest absolute Gasteiger partial charge is 0.338 e. The minimum atomic E-state index is -1.60. The Morgan fingerprint density at radius 1 is 1.03 bits per heavy atom. The van der Waals surface area contributed by atoms with E-state index in [2.05, 4.69) is 0 Å². The first kappa shape index (κ1) is 21.0. The summed E-state index contributed by atoms with van der Waals surface area (Å²) in [6.45, 7) is -1.07. The van der Waals surface area contributed by atoms with Gasteiger partial charge in [-0.25, -0.2) is 4.79 Å². The van der Waals surface area contributed by atoms with Gasteiger partial charge in [0, 0.05) is 5.56 Å². The topological polar surface area (TPSA) is 146 Å². The lowest BCUT2D eigenvalue weighted by Crippen LogP contribution is -2.61. The van der Waals surface area contributed by atoms with E-state index in [0.29, 0.717) is 0 Å². The third-order valence-electron chi connectivity index (χ3n) is 4.53. The molecule has 0 spiro atoms. The number of benzene rings is 2. The molecule has 0 bridgehead atoms. The number of esters is 1. The number of aliphatic hydroxyl groups excluding tert-OH is 4. The first-order valence-corrected chi connectivity index (χ1v) is 8.92. The van der Waals surface area contributed by atoms with Gasteiger partial charge in [-0.3, -0.25) is 0 Å².